The van der Waals surface area contributed by atoms with Crippen LogP contribution in [-0.4, -0.2) is 34.3 Å². The monoisotopic (exact) mass is 453 g/mol. The Labute approximate surface area is 191 Å². The van der Waals surface area contributed by atoms with E-state index in [1.807, 2.05) is 30.3 Å². The molecule has 0 saturated heterocycles. The third-order valence-corrected chi connectivity index (χ3v) is 5.22. The van der Waals surface area contributed by atoms with Crippen molar-refractivity contribution in [1.82, 2.24) is 29.4 Å². The van der Waals surface area contributed by atoms with E-state index in [2.05, 4.69) is 20.2 Å². The van der Waals surface area contributed by atoms with Crippen molar-refractivity contribution in [1.29, 1.82) is 0 Å². The van der Waals surface area contributed by atoms with Crippen LogP contribution in [0.4, 0.5) is 5.69 Å². The number of nitrogens with zero attached hydrogens (tertiary/aromatic N) is 7. The quantitative estimate of drug-likeness (QED) is 0.271. The number of rotatable bonds is 6. The summed E-state index contributed by atoms with van der Waals surface area (Å²) in [7, 11) is 0. The van der Waals surface area contributed by atoms with Gasteiger partial charge in [0.1, 0.15) is 24.4 Å². The van der Waals surface area contributed by atoms with Crippen molar-refractivity contribution in [3.05, 3.63) is 95.1 Å². The molecule has 11 heteroatoms. The van der Waals surface area contributed by atoms with E-state index in [4.69, 9.17) is 9.15 Å². The molecule has 6 aromatic rings. The predicted octanol–water partition coefficient (Wildman–Crippen LogP) is 4.21. The number of fused-ring (bicyclic) bond motifs is 3. The number of nitro benzene ring substituents is 1. The van der Waals surface area contributed by atoms with Crippen LogP contribution in [0.3, 0.4) is 0 Å². The molecule has 166 valence electrons. The zero-order chi connectivity index (χ0) is 23.1. The lowest BCUT2D eigenvalue weighted by Crippen LogP contribution is -1.98. The van der Waals surface area contributed by atoms with E-state index in [1.54, 1.807) is 46.0 Å². The van der Waals surface area contributed by atoms with E-state index in [0.717, 1.165) is 11.1 Å². The Morgan fingerprint density at radius 3 is 2.62 bits per heavy atom. The number of non-ortho nitro benzene ring substituents is 1. The maximum atomic E-state index is 10.8. The van der Waals surface area contributed by atoms with Gasteiger partial charge in [-0.15, -0.1) is 5.10 Å². The van der Waals surface area contributed by atoms with Crippen molar-refractivity contribution in [2.75, 3.05) is 0 Å². The van der Waals surface area contributed by atoms with Crippen LogP contribution in [-0.2, 0) is 6.61 Å². The average molecular weight is 453 g/mol. The van der Waals surface area contributed by atoms with E-state index in [0.29, 0.717) is 34.4 Å². The minimum atomic E-state index is -0.458. The fraction of sp³-hybridized carbons (Fsp3) is 0.0435. The van der Waals surface area contributed by atoms with E-state index >= 15 is 0 Å². The van der Waals surface area contributed by atoms with Gasteiger partial charge in [0.15, 0.2) is 17.1 Å². The molecule has 0 bridgehead atoms. The summed E-state index contributed by atoms with van der Waals surface area (Å²) in [6, 6.07) is 19.1. The van der Waals surface area contributed by atoms with Crippen molar-refractivity contribution < 1.29 is 14.1 Å². The first-order chi connectivity index (χ1) is 16.7. The molecule has 6 rings (SSSR count). The first-order valence-corrected chi connectivity index (χ1v) is 10.3. The highest BCUT2D eigenvalue weighted by Gasteiger charge is 2.16. The van der Waals surface area contributed by atoms with Crippen LogP contribution < -0.4 is 4.74 Å². The van der Waals surface area contributed by atoms with Gasteiger partial charge in [0.25, 0.3) is 5.69 Å². The molecule has 0 unspecified atom stereocenters. The van der Waals surface area contributed by atoms with Gasteiger partial charge in [-0.05, 0) is 36.4 Å². The standard InChI is InChI=1S/C23H15N7O4/c31-30(32)16-6-8-17(9-7-16)33-13-18-10-11-20(34-18)21-26-23-19-12-25-29(15-4-2-1-3-5-15)22(19)24-14-28(23)27-21/h1-12,14H,13H2. The van der Waals surface area contributed by atoms with Crippen LogP contribution in [0.25, 0.3) is 34.0 Å². The van der Waals surface area contributed by atoms with Gasteiger partial charge < -0.3 is 9.15 Å². The summed E-state index contributed by atoms with van der Waals surface area (Å²) in [4.78, 5) is 19.4. The summed E-state index contributed by atoms with van der Waals surface area (Å²) in [5.74, 6) is 1.95. The van der Waals surface area contributed by atoms with Crippen molar-refractivity contribution in [2.45, 2.75) is 6.61 Å². The number of hydrogen-bond acceptors (Lipinski definition) is 8. The second-order valence-electron chi connectivity index (χ2n) is 7.38. The number of furan rings is 1. The van der Waals surface area contributed by atoms with Gasteiger partial charge in [0.05, 0.1) is 22.2 Å². The van der Waals surface area contributed by atoms with Crippen LogP contribution in [0.15, 0.2) is 83.7 Å². The third kappa shape index (κ3) is 3.41. The van der Waals surface area contributed by atoms with Gasteiger partial charge in [-0.1, -0.05) is 18.2 Å². The maximum Gasteiger partial charge on any atom is 0.269 e. The average Bonchev–Trinajstić information content (AvgIpc) is 3.61. The second-order valence-corrected chi connectivity index (χ2v) is 7.38. The van der Waals surface area contributed by atoms with Crippen LogP contribution >= 0.6 is 0 Å². The summed E-state index contributed by atoms with van der Waals surface area (Å²) in [5, 5.41) is 20.5. The predicted molar refractivity (Wildman–Crippen MR) is 121 cm³/mol. The molecule has 34 heavy (non-hydrogen) atoms. The lowest BCUT2D eigenvalue weighted by molar-refractivity contribution is -0.384. The summed E-state index contributed by atoms with van der Waals surface area (Å²) >= 11 is 0. The molecule has 4 heterocycles. The smallest absolute Gasteiger partial charge is 0.269 e. The Kier molecular flexibility index (Phi) is 4.51. The molecule has 0 aliphatic rings. The number of ether oxygens (including phenoxy) is 1. The van der Waals surface area contributed by atoms with Gasteiger partial charge in [-0.2, -0.15) is 5.10 Å². The van der Waals surface area contributed by atoms with Gasteiger partial charge >= 0.3 is 0 Å². The molecule has 0 amide bonds. The van der Waals surface area contributed by atoms with Crippen molar-refractivity contribution in [2.24, 2.45) is 0 Å². The Balaban J connectivity index is 1.25. The zero-order valence-corrected chi connectivity index (χ0v) is 17.5. The third-order valence-electron chi connectivity index (χ3n) is 5.22. The first-order valence-electron chi connectivity index (χ1n) is 10.3. The second kappa shape index (κ2) is 7.81. The van der Waals surface area contributed by atoms with Crippen molar-refractivity contribution in [3.63, 3.8) is 0 Å². The number of hydrogen-bond donors (Lipinski definition) is 0. The maximum absolute atomic E-state index is 10.8. The van der Waals surface area contributed by atoms with Gasteiger partial charge in [0, 0.05) is 12.1 Å². The molecule has 11 nitrogen and oxygen atoms in total. The lowest BCUT2D eigenvalue weighted by atomic mass is 10.3. The Bertz CT molecular complexity index is 1640. The highest BCUT2D eigenvalue weighted by Crippen LogP contribution is 2.25. The molecule has 4 aromatic heterocycles. The molecule has 0 aliphatic carbocycles. The number of benzene rings is 2. The summed E-state index contributed by atoms with van der Waals surface area (Å²) in [6.45, 7) is 0.154. The summed E-state index contributed by atoms with van der Waals surface area (Å²) in [6.07, 6.45) is 3.31. The highest BCUT2D eigenvalue weighted by atomic mass is 16.6. The molecule has 0 atom stereocenters. The highest BCUT2D eigenvalue weighted by molar-refractivity contribution is 5.89. The Morgan fingerprint density at radius 1 is 1.00 bits per heavy atom. The van der Waals surface area contributed by atoms with Gasteiger partial charge in [0.2, 0.25) is 5.82 Å². The summed E-state index contributed by atoms with van der Waals surface area (Å²) in [5.41, 5.74) is 2.19. The molecule has 0 fully saturated rings. The number of para-hydroxylation sites is 1. The van der Waals surface area contributed by atoms with Gasteiger partial charge in [-0.25, -0.2) is 19.2 Å². The fourth-order valence-electron chi connectivity index (χ4n) is 3.58. The first kappa shape index (κ1) is 19.6. The Morgan fingerprint density at radius 2 is 1.82 bits per heavy atom. The minimum Gasteiger partial charge on any atom is -0.486 e. The molecule has 0 saturated carbocycles. The molecular weight excluding hydrogens is 438 g/mol. The van der Waals surface area contributed by atoms with Crippen LogP contribution in [0.1, 0.15) is 5.76 Å². The molecule has 0 aliphatic heterocycles. The molecule has 0 radical (unpaired) electrons. The number of nitro groups is 1. The normalized spacial score (nSPS) is 11.3. The van der Waals surface area contributed by atoms with E-state index in [9.17, 15) is 10.1 Å². The Hall–Kier alpha value is -5.06. The largest absolute Gasteiger partial charge is 0.486 e. The van der Waals surface area contributed by atoms with E-state index in [-0.39, 0.29) is 12.3 Å². The van der Waals surface area contributed by atoms with Crippen LogP contribution in [0.5, 0.6) is 5.75 Å². The summed E-state index contributed by atoms with van der Waals surface area (Å²) < 4.78 is 14.9. The zero-order valence-electron chi connectivity index (χ0n) is 17.5. The van der Waals surface area contributed by atoms with E-state index < -0.39 is 4.92 Å². The lowest BCUT2D eigenvalue weighted by Gasteiger charge is -2.03. The minimum absolute atomic E-state index is 0.00321. The van der Waals surface area contributed by atoms with Crippen LogP contribution in [0, 0.1) is 10.1 Å². The number of aromatic nitrogens is 6. The molecule has 0 N–H and O–H groups in total. The SMILES string of the molecule is O=[N+]([O-])c1ccc(OCc2ccc(-c3nc4c5cnn(-c6ccccc6)c5ncn4n3)o2)cc1. The van der Waals surface area contributed by atoms with Gasteiger partial charge in [-0.3, -0.25) is 10.1 Å². The fourth-order valence-corrected chi connectivity index (χ4v) is 3.58. The van der Waals surface area contributed by atoms with E-state index in [1.165, 1.54) is 12.1 Å². The van der Waals surface area contributed by atoms with Crippen LogP contribution in [0.2, 0.25) is 0 Å². The van der Waals surface area contributed by atoms with Crippen molar-refractivity contribution in [3.8, 4) is 23.0 Å². The topological polar surface area (TPSA) is 126 Å². The molecule has 0 spiro atoms. The molecular formula is C23H15N7O4. The van der Waals surface area contributed by atoms with Crippen molar-refractivity contribution >= 4 is 22.4 Å². The molecule has 2 aromatic carbocycles.